The maximum Gasteiger partial charge on any atom is 0.449 e. The number of imidazole rings is 1. The zero-order valence-corrected chi connectivity index (χ0v) is 10.2. The Kier molecular flexibility index (Phi) is 2.87. The molecule has 2 rings (SSSR count). The first-order chi connectivity index (χ1) is 8.43. The molecule has 1 aromatic carbocycles. The van der Waals surface area contributed by atoms with Crippen LogP contribution >= 0.6 is 0 Å². The lowest BCUT2D eigenvalue weighted by Gasteiger charge is -2.03. The number of hydrogen-bond acceptors (Lipinski definition) is 5. The Hall–Kier alpha value is -2.22. The number of nitrogens with zero attached hydrogens (tertiary/aromatic N) is 3. The Morgan fingerprint density at radius 3 is 2.44 bits per heavy atom. The van der Waals surface area contributed by atoms with Crippen LogP contribution in [0.1, 0.15) is 5.56 Å². The van der Waals surface area contributed by atoms with Crippen LogP contribution < -0.4 is 0 Å². The number of aromatic nitrogens is 2. The third-order valence-electron chi connectivity index (χ3n) is 2.33. The van der Waals surface area contributed by atoms with Gasteiger partial charge in [0.15, 0.2) is 0 Å². The molecule has 0 saturated heterocycles. The first kappa shape index (κ1) is 12.2. The van der Waals surface area contributed by atoms with Crippen molar-refractivity contribution in [2.24, 2.45) is 0 Å². The van der Waals surface area contributed by atoms with Crippen molar-refractivity contribution in [2.45, 2.75) is 11.8 Å². The molecule has 1 aromatic heterocycles. The van der Waals surface area contributed by atoms with Crippen LogP contribution in [-0.4, -0.2) is 22.3 Å². The molecule has 0 fully saturated rings. The van der Waals surface area contributed by atoms with Crippen LogP contribution in [0.4, 0.5) is 5.95 Å². The highest BCUT2D eigenvalue weighted by atomic mass is 32.2. The van der Waals surface area contributed by atoms with Gasteiger partial charge in [-0.1, -0.05) is 22.7 Å². The van der Waals surface area contributed by atoms with E-state index in [-0.39, 0.29) is 4.90 Å². The molecule has 0 unspecified atom stereocenters. The summed E-state index contributed by atoms with van der Waals surface area (Å²) >= 11 is 0. The molecule has 0 aliphatic rings. The van der Waals surface area contributed by atoms with Gasteiger partial charge in [0.25, 0.3) is 0 Å². The molecule has 0 bridgehead atoms. The fourth-order valence-electron chi connectivity index (χ4n) is 1.42. The Balaban J connectivity index is 2.58. The van der Waals surface area contributed by atoms with Crippen molar-refractivity contribution in [3.05, 3.63) is 52.3 Å². The molecule has 0 aliphatic heterocycles. The molecule has 0 spiro atoms. The smallest absolute Gasteiger partial charge is 0.390 e. The maximum atomic E-state index is 12.2. The van der Waals surface area contributed by atoms with Crippen LogP contribution in [0.3, 0.4) is 0 Å². The minimum Gasteiger partial charge on any atom is -0.390 e. The minimum atomic E-state index is -3.98. The van der Waals surface area contributed by atoms with E-state index in [9.17, 15) is 18.5 Å². The number of benzene rings is 1. The van der Waals surface area contributed by atoms with Gasteiger partial charge >= 0.3 is 16.0 Å². The summed E-state index contributed by atoms with van der Waals surface area (Å²) in [7, 11) is -3.98. The second-order valence-corrected chi connectivity index (χ2v) is 5.41. The summed E-state index contributed by atoms with van der Waals surface area (Å²) in [5.74, 6) is -0.726. The van der Waals surface area contributed by atoms with E-state index in [1.165, 1.54) is 12.1 Å². The summed E-state index contributed by atoms with van der Waals surface area (Å²) in [5.41, 5.74) is 0.897. The standard InChI is InChI=1S/C10H9N3O4S/c1-8-2-4-9(5-3-8)18(16,17)12-7-6-11-10(12)13(14)15/h2-7H,1H3. The lowest BCUT2D eigenvalue weighted by molar-refractivity contribution is -0.394. The molecule has 0 amide bonds. The van der Waals surface area contributed by atoms with E-state index in [4.69, 9.17) is 0 Å². The molecule has 0 aliphatic carbocycles. The fourth-order valence-corrected chi connectivity index (χ4v) is 2.67. The molecule has 7 nitrogen and oxygen atoms in total. The molecule has 18 heavy (non-hydrogen) atoms. The Labute approximate surface area is 103 Å². The van der Waals surface area contributed by atoms with Gasteiger partial charge in [0, 0.05) is 0 Å². The van der Waals surface area contributed by atoms with Crippen molar-refractivity contribution < 1.29 is 13.3 Å². The molecule has 0 saturated carbocycles. The Morgan fingerprint density at radius 1 is 1.28 bits per heavy atom. The van der Waals surface area contributed by atoms with Gasteiger partial charge in [-0.15, -0.1) is 3.97 Å². The van der Waals surface area contributed by atoms with Gasteiger partial charge in [-0.05, 0) is 24.0 Å². The predicted molar refractivity (Wildman–Crippen MR) is 62.6 cm³/mol. The molecule has 1 heterocycles. The quantitative estimate of drug-likeness (QED) is 0.617. The van der Waals surface area contributed by atoms with Crippen molar-refractivity contribution in [1.29, 1.82) is 0 Å². The van der Waals surface area contributed by atoms with Crippen molar-refractivity contribution in [1.82, 2.24) is 8.96 Å². The van der Waals surface area contributed by atoms with Crippen molar-refractivity contribution in [3.63, 3.8) is 0 Å². The van der Waals surface area contributed by atoms with E-state index < -0.39 is 20.9 Å². The highest BCUT2D eigenvalue weighted by molar-refractivity contribution is 7.90. The summed E-state index contributed by atoms with van der Waals surface area (Å²) in [6, 6.07) is 6.04. The first-order valence-electron chi connectivity index (χ1n) is 4.93. The number of aryl methyl sites for hydroxylation is 1. The van der Waals surface area contributed by atoms with Crippen LogP contribution in [0.15, 0.2) is 41.6 Å². The normalized spacial score (nSPS) is 11.4. The Bertz CT molecular complexity index is 688. The lowest BCUT2D eigenvalue weighted by atomic mass is 10.2. The van der Waals surface area contributed by atoms with Gasteiger partial charge in [-0.3, -0.25) is 0 Å². The lowest BCUT2D eigenvalue weighted by Crippen LogP contribution is -2.14. The number of rotatable bonds is 3. The summed E-state index contributed by atoms with van der Waals surface area (Å²) < 4.78 is 24.9. The van der Waals surface area contributed by atoms with E-state index in [0.29, 0.717) is 3.97 Å². The molecule has 0 N–H and O–H groups in total. The van der Waals surface area contributed by atoms with E-state index in [1.807, 2.05) is 6.92 Å². The van der Waals surface area contributed by atoms with Gasteiger partial charge in [-0.25, -0.2) is 0 Å². The SMILES string of the molecule is Cc1ccc(S(=O)(=O)n2ccnc2[N+](=O)[O-])cc1. The largest absolute Gasteiger partial charge is 0.449 e. The third kappa shape index (κ3) is 1.97. The number of nitro groups is 1. The molecule has 8 heteroatoms. The summed E-state index contributed by atoms with van der Waals surface area (Å²) in [6.07, 6.45) is 2.12. The Morgan fingerprint density at radius 2 is 1.89 bits per heavy atom. The zero-order valence-electron chi connectivity index (χ0n) is 9.35. The molecule has 0 atom stereocenters. The second-order valence-electron chi connectivity index (χ2n) is 3.60. The highest BCUT2D eigenvalue weighted by Gasteiger charge is 2.27. The van der Waals surface area contributed by atoms with Gasteiger partial charge in [0.2, 0.25) is 0 Å². The second kappa shape index (κ2) is 4.22. The minimum absolute atomic E-state index is 0.0193. The van der Waals surface area contributed by atoms with Crippen LogP contribution in [0.5, 0.6) is 0 Å². The topological polar surface area (TPSA) is 95.1 Å². The van der Waals surface area contributed by atoms with Crippen molar-refractivity contribution >= 4 is 16.0 Å². The van der Waals surface area contributed by atoms with Gasteiger partial charge < -0.3 is 10.1 Å². The summed E-state index contributed by atoms with van der Waals surface area (Å²) in [4.78, 5) is 13.2. The average Bonchev–Trinajstić information content (AvgIpc) is 2.79. The van der Waals surface area contributed by atoms with Gasteiger partial charge in [0.1, 0.15) is 17.3 Å². The third-order valence-corrected chi connectivity index (χ3v) is 4.00. The van der Waals surface area contributed by atoms with E-state index in [2.05, 4.69) is 4.98 Å². The molecular formula is C10H9N3O4S. The van der Waals surface area contributed by atoms with Crippen LogP contribution in [0.25, 0.3) is 0 Å². The van der Waals surface area contributed by atoms with Crippen molar-refractivity contribution in [3.8, 4) is 0 Å². The molecular weight excluding hydrogens is 258 g/mol. The van der Waals surface area contributed by atoms with Gasteiger partial charge in [0.05, 0.1) is 0 Å². The predicted octanol–water partition coefficient (Wildman–Crippen LogP) is 1.34. The molecule has 2 aromatic rings. The van der Waals surface area contributed by atoms with Gasteiger partial charge in [-0.2, -0.15) is 8.42 Å². The van der Waals surface area contributed by atoms with E-state index in [1.54, 1.807) is 12.1 Å². The molecule has 0 radical (unpaired) electrons. The van der Waals surface area contributed by atoms with E-state index >= 15 is 0 Å². The summed E-state index contributed by atoms with van der Waals surface area (Å²) in [5, 5.41) is 10.7. The first-order valence-corrected chi connectivity index (χ1v) is 6.37. The molecule has 94 valence electrons. The summed E-state index contributed by atoms with van der Waals surface area (Å²) in [6.45, 7) is 1.82. The van der Waals surface area contributed by atoms with Crippen LogP contribution in [0, 0.1) is 17.0 Å². The zero-order chi connectivity index (χ0) is 13.3. The maximum absolute atomic E-state index is 12.2. The fraction of sp³-hybridized carbons (Fsp3) is 0.100. The average molecular weight is 267 g/mol. The number of hydrogen-bond donors (Lipinski definition) is 0. The highest BCUT2D eigenvalue weighted by Crippen LogP contribution is 2.19. The van der Waals surface area contributed by atoms with Crippen LogP contribution in [-0.2, 0) is 10.0 Å². The monoisotopic (exact) mass is 267 g/mol. The van der Waals surface area contributed by atoms with Crippen LogP contribution in [0.2, 0.25) is 0 Å². The van der Waals surface area contributed by atoms with E-state index in [0.717, 1.165) is 18.0 Å². The van der Waals surface area contributed by atoms with Crippen molar-refractivity contribution in [2.75, 3.05) is 0 Å².